The fraction of sp³-hybridized carbons (Fsp3) is 1.00. The van der Waals surface area contributed by atoms with E-state index in [0.717, 1.165) is 32.1 Å². The molecule has 2 fully saturated rings. The van der Waals surface area contributed by atoms with Gasteiger partial charge in [0.1, 0.15) is 6.04 Å². The van der Waals surface area contributed by atoms with Crippen LogP contribution in [0, 0.1) is 5.92 Å². The first kappa shape index (κ1) is 16.1. The number of nitrogens with one attached hydrogen (secondary N) is 1. The Labute approximate surface area is 119 Å². The van der Waals surface area contributed by atoms with Crippen LogP contribution in [0.3, 0.4) is 0 Å². The van der Waals surface area contributed by atoms with Crippen LogP contribution in [0.4, 0.5) is 13.2 Å². The first-order valence-electron chi connectivity index (χ1n) is 7.91. The molecule has 2 aliphatic rings. The summed E-state index contributed by atoms with van der Waals surface area (Å²) in [6.07, 6.45) is 2.87. The Balaban J connectivity index is 2.04. The smallest absolute Gasteiger partial charge is 0.375 e. The summed E-state index contributed by atoms with van der Waals surface area (Å²) < 4.78 is 45.7. The molecule has 0 aromatic heterocycles. The molecule has 2 nitrogen and oxygen atoms in total. The van der Waals surface area contributed by atoms with Gasteiger partial charge in [-0.1, -0.05) is 26.2 Å². The lowest BCUT2D eigenvalue weighted by molar-refractivity contribution is -0.191. The van der Waals surface area contributed by atoms with E-state index in [1.54, 1.807) is 0 Å². The molecule has 1 aliphatic heterocycles. The van der Waals surface area contributed by atoms with Crippen molar-refractivity contribution in [1.82, 2.24) is 5.32 Å². The Kier molecular flexibility index (Phi) is 5.35. The molecular formula is C15H26F3NO. The van der Waals surface area contributed by atoms with E-state index in [4.69, 9.17) is 4.74 Å². The lowest BCUT2D eigenvalue weighted by atomic mass is 9.74. The van der Waals surface area contributed by atoms with Crippen molar-refractivity contribution in [2.45, 2.75) is 76.1 Å². The summed E-state index contributed by atoms with van der Waals surface area (Å²) >= 11 is 0. The van der Waals surface area contributed by atoms with Crippen molar-refractivity contribution >= 4 is 0 Å². The van der Waals surface area contributed by atoms with Gasteiger partial charge in [0.15, 0.2) is 0 Å². The van der Waals surface area contributed by atoms with E-state index in [-0.39, 0.29) is 11.5 Å². The molecule has 20 heavy (non-hydrogen) atoms. The normalized spacial score (nSPS) is 28.5. The van der Waals surface area contributed by atoms with Crippen LogP contribution in [-0.4, -0.2) is 31.0 Å². The lowest BCUT2D eigenvalue weighted by Gasteiger charge is -2.45. The van der Waals surface area contributed by atoms with Crippen molar-refractivity contribution in [3.8, 4) is 0 Å². The van der Waals surface area contributed by atoms with Gasteiger partial charge in [-0.25, -0.2) is 0 Å². The first-order chi connectivity index (χ1) is 9.47. The molecule has 1 N–H and O–H groups in total. The monoisotopic (exact) mass is 293 g/mol. The van der Waals surface area contributed by atoms with Gasteiger partial charge in [-0.3, -0.25) is 0 Å². The standard InChI is InChI=1S/C15H26F3NO/c1-2-9-19-13(15(16,17)18)12-6-10-20-14(11-12)7-4-3-5-8-14/h12-13,19H,2-11H2,1H3. The SMILES string of the molecule is CCCNC(C1CCOC2(CCCCC2)C1)C(F)(F)F. The van der Waals surface area contributed by atoms with E-state index >= 15 is 0 Å². The van der Waals surface area contributed by atoms with Gasteiger partial charge in [0.05, 0.1) is 5.60 Å². The highest BCUT2D eigenvalue weighted by Crippen LogP contribution is 2.43. The van der Waals surface area contributed by atoms with Gasteiger partial charge >= 0.3 is 6.18 Å². The molecule has 0 radical (unpaired) electrons. The number of rotatable bonds is 4. The van der Waals surface area contributed by atoms with Crippen molar-refractivity contribution in [1.29, 1.82) is 0 Å². The second-order valence-electron chi connectivity index (χ2n) is 6.32. The van der Waals surface area contributed by atoms with Gasteiger partial charge in [-0.15, -0.1) is 0 Å². The van der Waals surface area contributed by atoms with Crippen molar-refractivity contribution in [2.75, 3.05) is 13.2 Å². The largest absolute Gasteiger partial charge is 0.404 e. The van der Waals surface area contributed by atoms with Crippen molar-refractivity contribution in [2.24, 2.45) is 5.92 Å². The quantitative estimate of drug-likeness (QED) is 0.844. The summed E-state index contributed by atoms with van der Waals surface area (Å²) in [7, 11) is 0. The van der Waals surface area contributed by atoms with Crippen LogP contribution in [0.15, 0.2) is 0 Å². The summed E-state index contributed by atoms with van der Waals surface area (Å²) in [5, 5.41) is 2.72. The maximum atomic E-state index is 13.3. The van der Waals surface area contributed by atoms with Crippen LogP contribution >= 0.6 is 0 Å². The van der Waals surface area contributed by atoms with Crippen LogP contribution in [-0.2, 0) is 4.74 Å². The maximum absolute atomic E-state index is 13.3. The van der Waals surface area contributed by atoms with Crippen LogP contribution in [0.1, 0.15) is 58.3 Å². The second-order valence-corrected chi connectivity index (χ2v) is 6.32. The Morgan fingerprint density at radius 2 is 1.95 bits per heavy atom. The van der Waals surface area contributed by atoms with Gasteiger partial charge < -0.3 is 10.1 Å². The Hall–Kier alpha value is -0.290. The summed E-state index contributed by atoms with van der Waals surface area (Å²) in [5.74, 6) is -0.339. The third kappa shape index (κ3) is 3.88. The lowest BCUT2D eigenvalue weighted by Crippen LogP contribution is -2.53. The highest BCUT2D eigenvalue weighted by Gasteiger charge is 2.49. The van der Waals surface area contributed by atoms with Gasteiger partial charge in [-0.2, -0.15) is 13.2 Å². The summed E-state index contributed by atoms with van der Waals surface area (Å²) in [6.45, 7) is 2.80. The number of halogens is 3. The Morgan fingerprint density at radius 1 is 1.25 bits per heavy atom. The van der Waals surface area contributed by atoms with Crippen LogP contribution in [0.2, 0.25) is 0 Å². The molecule has 2 rings (SSSR count). The zero-order valence-corrected chi connectivity index (χ0v) is 12.3. The Morgan fingerprint density at radius 3 is 2.55 bits per heavy atom. The average Bonchev–Trinajstić information content (AvgIpc) is 2.39. The van der Waals surface area contributed by atoms with Crippen LogP contribution in [0.25, 0.3) is 0 Å². The zero-order valence-electron chi connectivity index (χ0n) is 12.3. The summed E-state index contributed by atoms with van der Waals surface area (Å²) in [6, 6.07) is -1.37. The fourth-order valence-corrected chi connectivity index (χ4v) is 3.74. The molecule has 0 aromatic carbocycles. The van der Waals surface area contributed by atoms with Crippen LogP contribution in [0.5, 0.6) is 0 Å². The fourth-order valence-electron chi connectivity index (χ4n) is 3.74. The van der Waals surface area contributed by atoms with Gasteiger partial charge in [0, 0.05) is 6.61 Å². The van der Waals surface area contributed by atoms with Gasteiger partial charge in [-0.05, 0) is 44.6 Å². The molecule has 118 valence electrons. The van der Waals surface area contributed by atoms with E-state index in [9.17, 15) is 13.2 Å². The number of hydrogen-bond donors (Lipinski definition) is 1. The highest BCUT2D eigenvalue weighted by molar-refractivity contribution is 4.95. The predicted octanol–water partition coefficient (Wildman–Crippen LogP) is 4.05. The van der Waals surface area contributed by atoms with Gasteiger partial charge in [0.25, 0.3) is 0 Å². The minimum absolute atomic E-state index is 0.265. The maximum Gasteiger partial charge on any atom is 0.404 e. The molecule has 1 saturated heterocycles. The summed E-state index contributed by atoms with van der Waals surface area (Å²) in [4.78, 5) is 0. The molecule has 2 unspecified atom stereocenters. The molecule has 1 spiro atoms. The molecule has 0 amide bonds. The van der Waals surface area contributed by atoms with Crippen LogP contribution < -0.4 is 5.32 Å². The molecule has 2 atom stereocenters. The van der Waals surface area contributed by atoms with E-state index in [0.29, 0.717) is 26.0 Å². The minimum Gasteiger partial charge on any atom is -0.375 e. The van der Waals surface area contributed by atoms with E-state index in [1.807, 2.05) is 6.92 Å². The predicted molar refractivity (Wildman–Crippen MR) is 72.6 cm³/mol. The molecule has 1 aliphatic carbocycles. The molecule has 0 aromatic rings. The van der Waals surface area contributed by atoms with Crippen molar-refractivity contribution in [3.05, 3.63) is 0 Å². The van der Waals surface area contributed by atoms with E-state index in [1.165, 1.54) is 6.42 Å². The molecule has 0 bridgehead atoms. The van der Waals surface area contributed by atoms with Gasteiger partial charge in [0.2, 0.25) is 0 Å². The van der Waals surface area contributed by atoms with Crippen molar-refractivity contribution < 1.29 is 17.9 Å². The Bertz CT molecular complexity index is 294. The molecule has 1 saturated carbocycles. The third-order valence-electron chi connectivity index (χ3n) is 4.73. The minimum atomic E-state index is -4.16. The third-order valence-corrected chi connectivity index (χ3v) is 4.73. The summed E-state index contributed by atoms with van der Waals surface area (Å²) in [5.41, 5.74) is -0.265. The van der Waals surface area contributed by atoms with E-state index < -0.39 is 12.2 Å². The number of hydrogen-bond acceptors (Lipinski definition) is 2. The van der Waals surface area contributed by atoms with Crippen molar-refractivity contribution in [3.63, 3.8) is 0 Å². The number of alkyl halides is 3. The molecule has 5 heteroatoms. The first-order valence-corrected chi connectivity index (χ1v) is 7.91. The number of ether oxygens (including phenoxy) is 1. The second kappa shape index (κ2) is 6.65. The molecule has 1 heterocycles. The topological polar surface area (TPSA) is 21.3 Å². The zero-order chi connectivity index (χ0) is 14.6. The molecular weight excluding hydrogens is 267 g/mol. The highest BCUT2D eigenvalue weighted by atomic mass is 19.4. The average molecular weight is 293 g/mol. The van der Waals surface area contributed by atoms with E-state index in [2.05, 4.69) is 5.32 Å².